The molecule has 0 amide bonds. The van der Waals surface area contributed by atoms with E-state index in [1.54, 1.807) is 18.2 Å². The number of anilines is 4. The molecule has 0 saturated carbocycles. The number of nitrogens with one attached hydrogen (secondary N) is 2. The second kappa shape index (κ2) is 12.4. The van der Waals surface area contributed by atoms with Crippen LogP contribution in [0.1, 0.15) is 44.4 Å². The van der Waals surface area contributed by atoms with E-state index in [9.17, 15) is 5.26 Å². The predicted octanol–water partition coefficient (Wildman–Crippen LogP) is 4.05. The summed E-state index contributed by atoms with van der Waals surface area (Å²) in [6, 6.07) is 9.94. The van der Waals surface area contributed by atoms with Gasteiger partial charge in [-0.05, 0) is 44.0 Å². The third-order valence-electron chi connectivity index (χ3n) is 4.90. The molecule has 4 N–H and O–H groups in total. The van der Waals surface area contributed by atoms with Crippen LogP contribution in [-0.2, 0) is 6.42 Å². The van der Waals surface area contributed by atoms with Crippen molar-refractivity contribution in [2.45, 2.75) is 45.6 Å². The number of nitrogens with zero attached hydrogens (tertiary/aromatic N) is 4. The van der Waals surface area contributed by atoms with Crippen LogP contribution in [0.4, 0.5) is 23.1 Å². The zero-order valence-electron chi connectivity index (χ0n) is 17.5. The molecule has 7 nitrogen and oxygen atoms in total. The molecule has 1 fully saturated rings. The number of nitriles is 1. The number of rotatable bonds is 8. The maximum Gasteiger partial charge on any atom is 0.229 e. The van der Waals surface area contributed by atoms with Gasteiger partial charge >= 0.3 is 0 Å². The average molecular weight is 452 g/mol. The van der Waals surface area contributed by atoms with Crippen molar-refractivity contribution in [3.63, 3.8) is 0 Å². The average Bonchev–Trinajstić information content (AvgIpc) is 3.15. The maximum atomic E-state index is 9.17. The zero-order chi connectivity index (χ0) is 19.9. The summed E-state index contributed by atoms with van der Waals surface area (Å²) in [7, 11) is 0. The van der Waals surface area contributed by atoms with Crippen molar-refractivity contribution in [1.82, 2.24) is 15.3 Å². The largest absolute Gasteiger partial charge is 0.399 e. The summed E-state index contributed by atoms with van der Waals surface area (Å²) in [4.78, 5) is 11.8. The number of aryl methyl sites for hydroxylation is 1. The first kappa shape index (κ1) is 25.8. The molecule has 1 unspecified atom stereocenters. The van der Waals surface area contributed by atoms with Crippen LogP contribution in [0.25, 0.3) is 0 Å². The van der Waals surface area contributed by atoms with Crippen molar-refractivity contribution in [1.29, 1.82) is 5.26 Å². The summed E-state index contributed by atoms with van der Waals surface area (Å²) in [5.41, 5.74) is 8.72. The van der Waals surface area contributed by atoms with E-state index in [4.69, 9.17) is 10.7 Å². The van der Waals surface area contributed by atoms with Gasteiger partial charge in [0.05, 0.1) is 11.6 Å². The lowest BCUT2D eigenvalue weighted by Crippen LogP contribution is -2.32. The molecule has 3 rings (SSSR count). The van der Waals surface area contributed by atoms with Crippen molar-refractivity contribution < 1.29 is 0 Å². The van der Waals surface area contributed by atoms with Gasteiger partial charge in [0.1, 0.15) is 5.82 Å². The van der Waals surface area contributed by atoms with Gasteiger partial charge in [-0.15, -0.1) is 24.8 Å². The molecule has 1 atom stereocenters. The highest BCUT2D eigenvalue weighted by atomic mass is 35.5. The zero-order valence-corrected chi connectivity index (χ0v) is 19.2. The van der Waals surface area contributed by atoms with Crippen molar-refractivity contribution in [3.05, 3.63) is 35.5 Å². The molecule has 2 aromatic rings. The van der Waals surface area contributed by atoms with E-state index in [1.807, 2.05) is 0 Å². The highest BCUT2D eigenvalue weighted by Crippen LogP contribution is 2.24. The molecule has 1 aliphatic rings. The van der Waals surface area contributed by atoms with E-state index < -0.39 is 0 Å². The van der Waals surface area contributed by atoms with Gasteiger partial charge in [0.2, 0.25) is 5.95 Å². The number of nitrogens with two attached hydrogens (primary N) is 1. The minimum absolute atomic E-state index is 0. The smallest absolute Gasteiger partial charge is 0.229 e. The lowest BCUT2D eigenvalue weighted by atomic mass is 10.2. The molecule has 1 saturated heterocycles. The third-order valence-corrected chi connectivity index (χ3v) is 4.90. The number of likely N-dealkylation sites (N-methyl/N-ethyl adjacent to an activating group) is 1. The molecule has 0 aliphatic carbocycles. The van der Waals surface area contributed by atoms with Crippen LogP contribution in [0.2, 0.25) is 0 Å². The van der Waals surface area contributed by atoms with E-state index >= 15 is 0 Å². The fourth-order valence-corrected chi connectivity index (χ4v) is 3.53. The minimum atomic E-state index is 0. The Morgan fingerprint density at radius 3 is 2.70 bits per heavy atom. The molecule has 164 valence electrons. The molecule has 0 bridgehead atoms. The Bertz CT molecular complexity index is 854. The molecule has 0 radical (unpaired) electrons. The first-order chi connectivity index (χ1) is 13.6. The summed E-state index contributed by atoms with van der Waals surface area (Å²) in [6.45, 7) is 7.23. The lowest BCUT2D eigenvalue weighted by molar-refractivity contribution is 0.571. The van der Waals surface area contributed by atoms with Crippen molar-refractivity contribution in [2.75, 3.05) is 35.6 Å². The SMILES string of the molecule is CCCCc1cc(N2CCC(NCC)C2)nc(Nc2cc(N)cc(C#N)c2)n1.Cl.Cl. The van der Waals surface area contributed by atoms with E-state index in [1.165, 1.54) is 0 Å². The van der Waals surface area contributed by atoms with Gasteiger partial charge in [-0.3, -0.25) is 0 Å². The summed E-state index contributed by atoms with van der Waals surface area (Å²) in [5.74, 6) is 1.50. The van der Waals surface area contributed by atoms with Crippen LogP contribution in [0, 0.1) is 11.3 Å². The maximum absolute atomic E-state index is 9.17. The van der Waals surface area contributed by atoms with E-state index in [2.05, 4.69) is 46.5 Å². The number of hydrogen-bond donors (Lipinski definition) is 3. The van der Waals surface area contributed by atoms with Crippen LogP contribution in [0.15, 0.2) is 24.3 Å². The van der Waals surface area contributed by atoms with Crippen molar-refractivity contribution in [2.24, 2.45) is 0 Å². The number of benzene rings is 1. The summed E-state index contributed by atoms with van der Waals surface area (Å²) in [5, 5.41) is 15.9. The third kappa shape index (κ3) is 6.91. The van der Waals surface area contributed by atoms with Gasteiger partial charge in [0.25, 0.3) is 0 Å². The number of nitrogen functional groups attached to an aromatic ring is 1. The summed E-state index contributed by atoms with van der Waals surface area (Å²) >= 11 is 0. The molecule has 1 aromatic heterocycles. The fraction of sp³-hybridized carbons (Fsp3) is 0.476. The molecule has 1 aliphatic heterocycles. The van der Waals surface area contributed by atoms with Crippen LogP contribution in [-0.4, -0.2) is 35.6 Å². The fourth-order valence-electron chi connectivity index (χ4n) is 3.53. The Morgan fingerprint density at radius 2 is 2.00 bits per heavy atom. The Labute approximate surface area is 191 Å². The summed E-state index contributed by atoms with van der Waals surface area (Å²) < 4.78 is 0. The van der Waals surface area contributed by atoms with Crippen LogP contribution < -0.4 is 21.3 Å². The predicted molar refractivity (Wildman–Crippen MR) is 128 cm³/mol. The first-order valence-corrected chi connectivity index (χ1v) is 10.0. The molecule has 0 spiro atoms. The Hall–Kier alpha value is -2.27. The monoisotopic (exact) mass is 451 g/mol. The van der Waals surface area contributed by atoms with E-state index in [0.29, 0.717) is 23.2 Å². The van der Waals surface area contributed by atoms with Crippen molar-refractivity contribution >= 4 is 48.0 Å². The highest BCUT2D eigenvalue weighted by molar-refractivity contribution is 5.85. The van der Waals surface area contributed by atoms with Gasteiger partial charge in [0, 0.05) is 42.3 Å². The summed E-state index contributed by atoms with van der Waals surface area (Å²) in [6.07, 6.45) is 4.25. The molecule has 2 heterocycles. The molecular weight excluding hydrogens is 421 g/mol. The first-order valence-electron chi connectivity index (χ1n) is 10.0. The quantitative estimate of drug-likeness (QED) is 0.519. The Balaban J connectivity index is 0.00000225. The molecule has 30 heavy (non-hydrogen) atoms. The van der Waals surface area contributed by atoms with Gasteiger partial charge in [-0.2, -0.15) is 10.2 Å². The van der Waals surface area contributed by atoms with Gasteiger partial charge in [-0.25, -0.2) is 4.98 Å². The number of aromatic nitrogens is 2. The van der Waals surface area contributed by atoms with Gasteiger partial charge < -0.3 is 21.3 Å². The molecule has 1 aromatic carbocycles. The van der Waals surface area contributed by atoms with Crippen molar-refractivity contribution in [3.8, 4) is 6.07 Å². The molecular formula is C21H31Cl2N7. The van der Waals surface area contributed by atoms with Crippen LogP contribution >= 0.6 is 24.8 Å². The van der Waals surface area contributed by atoms with Crippen LogP contribution in [0.5, 0.6) is 0 Å². The number of halogens is 2. The van der Waals surface area contributed by atoms with E-state index in [-0.39, 0.29) is 24.8 Å². The Kier molecular flexibility index (Phi) is 10.7. The van der Waals surface area contributed by atoms with E-state index in [0.717, 1.165) is 62.5 Å². The van der Waals surface area contributed by atoms with Gasteiger partial charge in [-0.1, -0.05) is 20.3 Å². The molecule has 9 heteroatoms. The number of hydrogen-bond acceptors (Lipinski definition) is 7. The van der Waals surface area contributed by atoms with Crippen LogP contribution in [0.3, 0.4) is 0 Å². The lowest BCUT2D eigenvalue weighted by Gasteiger charge is -2.20. The number of unbranched alkanes of at least 4 members (excludes halogenated alkanes) is 1. The normalized spacial score (nSPS) is 15.1. The standard InChI is InChI=1S/C21H29N7.2ClH/c1-3-5-6-17-12-20(28-8-7-18(14-28)24-4-2)27-21(25-17)26-19-10-15(13-22)9-16(23)11-19;;/h9-12,18,24H,3-8,14,23H2,1-2H3,(H,25,26,27);2*1H. The topological polar surface area (TPSA) is 103 Å². The Morgan fingerprint density at radius 1 is 1.20 bits per heavy atom. The highest BCUT2D eigenvalue weighted by Gasteiger charge is 2.23. The van der Waals surface area contributed by atoms with Gasteiger partial charge in [0.15, 0.2) is 0 Å². The second-order valence-electron chi connectivity index (χ2n) is 7.21. The minimum Gasteiger partial charge on any atom is -0.399 e. The second-order valence-corrected chi connectivity index (χ2v) is 7.21.